The van der Waals surface area contributed by atoms with Gasteiger partial charge in [0.05, 0.1) is 18.7 Å². The van der Waals surface area contributed by atoms with Crippen molar-refractivity contribution in [1.82, 2.24) is 9.78 Å². The van der Waals surface area contributed by atoms with E-state index in [1.165, 1.54) is 0 Å². The van der Waals surface area contributed by atoms with Gasteiger partial charge in [-0.25, -0.2) is 0 Å². The largest absolute Gasteiger partial charge is 0.461 e. The Hall–Kier alpha value is -1.36. The number of rotatable bonds is 3. The van der Waals surface area contributed by atoms with Crippen molar-refractivity contribution in [2.24, 2.45) is 18.4 Å². The lowest BCUT2D eigenvalue weighted by Crippen LogP contribution is -2.65. The fraction of sp³-hybridized carbons (Fsp3) is 0.733. The van der Waals surface area contributed by atoms with Crippen molar-refractivity contribution in [1.29, 1.82) is 0 Å². The molecule has 5 heteroatoms. The van der Waals surface area contributed by atoms with Crippen molar-refractivity contribution < 1.29 is 14.3 Å². The molecule has 0 N–H and O–H groups in total. The zero-order valence-corrected chi connectivity index (χ0v) is 12.3. The fourth-order valence-corrected chi connectivity index (χ4v) is 3.63. The van der Waals surface area contributed by atoms with Crippen LogP contribution in [0.1, 0.15) is 32.3 Å². The maximum Gasteiger partial charge on any atom is 0.310 e. The summed E-state index contributed by atoms with van der Waals surface area (Å²) < 4.78 is 13.2. The molecule has 0 bridgehead atoms. The number of carbonyl (C=O) groups excluding carboxylic acids is 1. The Bertz CT molecular complexity index is 509. The average molecular weight is 278 g/mol. The number of ether oxygens (including phenoxy) is 2. The van der Waals surface area contributed by atoms with Gasteiger partial charge in [-0.05, 0) is 12.8 Å². The van der Waals surface area contributed by atoms with E-state index in [4.69, 9.17) is 9.47 Å². The topological polar surface area (TPSA) is 53.4 Å². The van der Waals surface area contributed by atoms with Gasteiger partial charge >= 0.3 is 5.97 Å². The standard InChI is InChI=1S/C15H22N2O3/c1-15(2)13-11(5-4-6-19-13)14(15)20-12(18)7-10-8-16-17(3)9-10/h8-9,11,13-14H,4-7H2,1-3H3/t11-,13+,14-/m1/s1. The summed E-state index contributed by atoms with van der Waals surface area (Å²) in [6.07, 6.45) is 6.23. The monoisotopic (exact) mass is 278 g/mol. The van der Waals surface area contributed by atoms with Gasteiger partial charge in [0.2, 0.25) is 0 Å². The summed E-state index contributed by atoms with van der Waals surface area (Å²) in [7, 11) is 1.84. The molecule has 20 heavy (non-hydrogen) atoms. The summed E-state index contributed by atoms with van der Waals surface area (Å²) in [6, 6.07) is 0. The highest BCUT2D eigenvalue weighted by Crippen LogP contribution is 2.52. The number of nitrogens with zero attached hydrogens (tertiary/aromatic N) is 2. The van der Waals surface area contributed by atoms with E-state index in [2.05, 4.69) is 18.9 Å². The molecule has 1 saturated carbocycles. The molecule has 1 aliphatic carbocycles. The van der Waals surface area contributed by atoms with Gasteiger partial charge < -0.3 is 9.47 Å². The molecule has 0 spiro atoms. The Morgan fingerprint density at radius 1 is 1.60 bits per heavy atom. The van der Waals surface area contributed by atoms with Crippen LogP contribution in [-0.2, 0) is 27.7 Å². The van der Waals surface area contributed by atoms with Crippen molar-refractivity contribution in [3.8, 4) is 0 Å². The molecule has 0 unspecified atom stereocenters. The van der Waals surface area contributed by atoms with E-state index >= 15 is 0 Å². The maximum atomic E-state index is 12.1. The lowest BCUT2D eigenvalue weighted by atomic mass is 9.57. The van der Waals surface area contributed by atoms with E-state index in [1.807, 2.05) is 13.2 Å². The minimum Gasteiger partial charge on any atom is -0.461 e. The van der Waals surface area contributed by atoms with E-state index in [1.54, 1.807) is 10.9 Å². The molecule has 3 rings (SSSR count). The quantitative estimate of drug-likeness (QED) is 0.790. The van der Waals surface area contributed by atoms with Crippen LogP contribution in [0.4, 0.5) is 0 Å². The molecule has 5 nitrogen and oxygen atoms in total. The third-order valence-electron chi connectivity index (χ3n) is 4.59. The van der Waals surface area contributed by atoms with Crippen LogP contribution >= 0.6 is 0 Å². The van der Waals surface area contributed by atoms with Crippen LogP contribution in [0.15, 0.2) is 12.4 Å². The normalized spacial score (nSPS) is 31.2. The zero-order valence-electron chi connectivity index (χ0n) is 12.3. The predicted octanol–water partition coefficient (Wildman–Crippen LogP) is 1.71. The van der Waals surface area contributed by atoms with Gasteiger partial charge in [-0.15, -0.1) is 0 Å². The Balaban J connectivity index is 1.61. The molecular weight excluding hydrogens is 256 g/mol. The highest BCUT2D eigenvalue weighted by Gasteiger charge is 2.60. The van der Waals surface area contributed by atoms with Crippen molar-refractivity contribution in [2.75, 3.05) is 6.61 Å². The third-order valence-corrected chi connectivity index (χ3v) is 4.59. The molecule has 0 radical (unpaired) electrons. The van der Waals surface area contributed by atoms with Gasteiger partial charge in [-0.2, -0.15) is 5.10 Å². The molecule has 1 saturated heterocycles. The highest BCUT2D eigenvalue weighted by atomic mass is 16.6. The number of carbonyl (C=O) groups is 1. The number of aromatic nitrogens is 2. The van der Waals surface area contributed by atoms with Gasteiger partial charge in [0.15, 0.2) is 0 Å². The van der Waals surface area contributed by atoms with E-state index in [0.717, 1.165) is 25.0 Å². The van der Waals surface area contributed by atoms with Gasteiger partial charge in [0, 0.05) is 36.7 Å². The van der Waals surface area contributed by atoms with Gasteiger partial charge in [-0.1, -0.05) is 13.8 Å². The Labute approximate surface area is 119 Å². The molecule has 1 aliphatic heterocycles. The van der Waals surface area contributed by atoms with Crippen LogP contribution < -0.4 is 0 Å². The van der Waals surface area contributed by atoms with Crippen molar-refractivity contribution in [2.45, 2.75) is 45.3 Å². The molecule has 1 aromatic heterocycles. The Morgan fingerprint density at radius 2 is 2.40 bits per heavy atom. The minimum absolute atomic E-state index is 0.0167. The van der Waals surface area contributed by atoms with Gasteiger partial charge in [0.25, 0.3) is 0 Å². The zero-order chi connectivity index (χ0) is 14.3. The fourth-order valence-electron chi connectivity index (χ4n) is 3.63. The molecule has 2 fully saturated rings. The van der Waals surface area contributed by atoms with Gasteiger partial charge in [-0.3, -0.25) is 9.48 Å². The summed E-state index contributed by atoms with van der Waals surface area (Å²) in [4.78, 5) is 12.1. The molecule has 3 atom stereocenters. The van der Waals surface area contributed by atoms with Gasteiger partial charge in [0.1, 0.15) is 6.10 Å². The highest BCUT2D eigenvalue weighted by molar-refractivity contribution is 5.72. The molecule has 1 aromatic rings. The lowest BCUT2D eigenvalue weighted by molar-refractivity contribution is -0.254. The first-order chi connectivity index (χ1) is 9.48. The first-order valence-electron chi connectivity index (χ1n) is 7.27. The third kappa shape index (κ3) is 2.24. The SMILES string of the molecule is Cn1cc(CC(=O)O[C@@H]2[C@@H]3CCCO[C@@H]3C2(C)C)cn1. The van der Waals surface area contributed by atoms with Crippen LogP contribution in [0.2, 0.25) is 0 Å². The number of hydrogen-bond donors (Lipinski definition) is 0. The van der Waals surface area contributed by atoms with E-state index in [9.17, 15) is 4.79 Å². The number of esters is 1. The van der Waals surface area contributed by atoms with Crippen LogP contribution in [0, 0.1) is 11.3 Å². The second kappa shape index (κ2) is 4.88. The predicted molar refractivity (Wildman–Crippen MR) is 73.0 cm³/mol. The minimum atomic E-state index is -0.167. The van der Waals surface area contributed by atoms with E-state index in [0.29, 0.717) is 12.3 Å². The van der Waals surface area contributed by atoms with E-state index < -0.39 is 0 Å². The van der Waals surface area contributed by atoms with E-state index in [-0.39, 0.29) is 23.6 Å². The molecule has 110 valence electrons. The summed E-state index contributed by atoms with van der Waals surface area (Å²) in [6.45, 7) is 5.09. The summed E-state index contributed by atoms with van der Waals surface area (Å²) in [5, 5.41) is 4.07. The molecule has 0 aromatic carbocycles. The van der Waals surface area contributed by atoms with Crippen LogP contribution in [0.25, 0.3) is 0 Å². The number of fused-ring (bicyclic) bond motifs is 1. The molecule has 2 aliphatic rings. The number of hydrogen-bond acceptors (Lipinski definition) is 4. The summed E-state index contributed by atoms with van der Waals surface area (Å²) in [5.74, 6) is 0.205. The van der Waals surface area contributed by atoms with Crippen molar-refractivity contribution >= 4 is 5.97 Å². The van der Waals surface area contributed by atoms with Crippen molar-refractivity contribution in [3.05, 3.63) is 18.0 Å². The second-order valence-electron chi connectivity index (χ2n) is 6.53. The molecular formula is C15H22N2O3. The first kappa shape index (κ1) is 13.6. The van der Waals surface area contributed by atoms with Crippen molar-refractivity contribution in [3.63, 3.8) is 0 Å². The Morgan fingerprint density at radius 3 is 3.10 bits per heavy atom. The molecule has 2 heterocycles. The maximum absolute atomic E-state index is 12.1. The first-order valence-corrected chi connectivity index (χ1v) is 7.27. The van der Waals surface area contributed by atoms with Crippen LogP contribution in [0.3, 0.4) is 0 Å². The summed E-state index contributed by atoms with van der Waals surface area (Å²) >= 11 is 0. The van der Waals surface area contributed by atoms with Crippen LogP contribution in [-0.4, -0.2) is 34.6 Å². The summed E-state index contributed by atoms with van der Waals surface area (Å²) in [5.41, 5.74) is 0.821. The smallest absolute Gasteiger partial charge is 0.310 e. The second-order valence-corrected chi connectivity index (χ2v) is 6.53. The molecule has 0 amide bonds. The van der Waals surface area contributed by atoms with Crippen LogP contribution in [0.5, 0.6) is 0 Å². The number of aryl methyl sites for hydroxylation is 1. The Kier molecular flexibility index (Phi) is 3.32. The lowest BCUT2D eigenvalue weighted by Gasteiger charge is -2.58. The average Bonchev–Trinajstić information content (AvgIpc) is 2.81.